The number of nitrogens with one attached hydrogen (secondary N) is 1. The maximum absolute atomic E-state index is 12.2. The molecule has 1 fully saturated rings. The molecule has 1 saturated heterocycles. The SMILES string of the molecule is CCN(c1nc(N)[nH]c(=O)c1N(C)I)C1CN(C)CCO1. The van der Waals surface area contributed by atoms with E-state index in [0.717, 1.165) is 13.1 Å². The summed E-state index contributed by atoms with van der Waals surface area (Å²) >= 11 is 2.05. The monoisotopic (exact) mass is 408 g/mol. The summed E-state index contributed by atoms with van der Waals surface area (Å²) in [6, 6.07) is 0. The highest BCUT2D eigenvalue weighted by Crippen LogP contribution is 2.27. The van der Waals surface area contributed by atoms with Gasteiger partial charge in [0.05, 0.1) is 29.5 Å². The summed E-state index contributed by atoms with van der Waals surface area (Å²) < 4.78 is 7.56. The quantitative estimate of drug-likeness (QED) is 0.546. The molecule has 118 valence electrons. The lowest BCUT2D eigenvalue weighted by Gasteiger charge is -2.38. The molecule has 1 aliphatic heterocycles. The molecule has 0 aromatic carbocycles. The number of nitrogens with two attached hydrogens (primary N) is 1. The standard InChI is InChI=1S/C12H21IN6O2/c1-4-19(8-7-17(2)5-6-21-8)10-9(18(3)13)11(20)16-12(14)15-10/h8H,4-7H2,1-3H3,(H3,14,15,16,20). The van der Waals surface area contributed by atoms with Crippen molar-refractivity contribution in [2.24, 2.45) is 0 Å². The van der Waals surface area contributed by atoms with Crippen LogP contribution in [0.3, 0.4) is 0 Å². The summed E-state index contributed by atoms with van der Waals surface area (Å²) in [5.41, 5.74) is 5.93. The maximum Gasteiger partial charge on any atom is 0.278 e. The van der Waals surface area contributed by atoms with Crippen molar-refractivity contribution >= 4 is 40.3 Å². The zero-order valence-electron chi connectivity index (χ0n) is 12.5. The zero-order valence-corrected chi connectivity index (χ0v) is 14.6. The molecule has 0 saturated carbocycles. The minimum Gasteiger partial charge on any atom is -0.369 e. The average Bonchev–Trinajstić information content (AvgIpc) is 2.38. The van der Waals surface area contributed by atoms with E-state index in [9.17, 15) is 4.79 Å². The molecule has 1 aromatic rings. The Morgan fingerprint density at radius 1 is 1.62 bits per heavy atom. The van der Waals surface area contributed by atoms with Gasteiger partial charge in [-0.2, -0.15) is 4.98 Å². The molecule has 1 aromatic heterocycles. The summed E-state index contributed by atoms with van der Waals surface area (Å²) in [6.45, 7) is 5.00. The normalized spacial score (nSPS) is 19.5. The lowest BCUT2D eigenvalue weighted by molar-refractivity contribution is -0.0202. The number of H-pyrrole nitrogens is 1. The zero-order chi connectivity index (χ0) is 15.6. The Kier molecular flexibility index (Phi) is 5.27. The second-order valence-corrected chi connectivity index (χ2v) is 6.42. The van der Waals surface area contributed by atoms with Crippen LogP contribution in [-0.4, -0.2) is 61.4 Å². The molecule has 21 heavy (non-hydrogen) atoms. The van der Waals surface area contributed by atoms with Gasteiger partial charge in [0.15, 0.2) is 11.5 Å². The first kappa shape index (κ1) is 16.3. The molecule has 8 nitrogen and oxygen atoms in total. The molecule has 0 spiro atoms. The van der Waals surface area contributed by atoms with Crippen LogP contribution in [0.2, 0.25) is 0 Å². The van der Waals surface area contributed by atoms with E-state index in [1.807, 2.05) is 18.9 Å². The van der Waals surface area contributed by atoms with Crippen molar-refractivity contribution < 1.29 is 4.74 Å². The fourth-order valence-electron chi connectivity index (χ4n) is 2.38. The van der Waals surface area contributed by atoms with Crippen LogP contribution < -0.4 is 19.3 Å². The maximum atomic E-state index is 12.2. The summed E-state index contributed by atoms with van der Waals surface area (Å²) in [6.07, 6.45) is -0.141. The van der Waals surface area contributed by atoms with Crippen LogP contribution in [0.5, 0.6) is 0 Å². The Morgan fingerprint density at radius 3 is 2.90 bits per heavy atom. The van der Waals surface area contributed by atoms with Gasteiger partial charge in [-0.1, -0.05) is 0 Å². The van der Waals surface area contributed by atoms with Crippen LogP contribution in [0.15, 0.2) is 4.79 Å². The fraction of sp³-hybridized carbons (Fsp3) is 0.667. The van der Waals surface area contributed by atoms with E-state index in [0.29, 0.717) is 24.7 Å². The Hall–Kier alpha value is -1.07. The summed E-state index contributed by atoms with van der Waals surface area (Å²) in [4.78, 5) is 23.2. The second kappa shape index (κ2) is 6.79. The highest BCUT2D eigenvalue weighted by molar-refractivity contribution is 14.1. The van der Waals surface area contributed by atoms with Crippen LogP contribution >= 0.6 is 22.9 Å². The number of hydrogen-bond donors (Lipinski definition) is 2. The van der Waals surface area contributed by atoms with Gasteiger partial charge in [0.25, 0.3) is 5.56 Å². The minimum atomic E-state index is -0.253. The number of nitrogen functional groups attached to an aromatic ring is 1. The van der Waals surface area contributed by atoms with Gasteiger partial charge in [-0.25, -0.2) is 0 Å². The molecule has 9 heteroatoms. The third-order valence-corrected chi connectivity index (χ3v) is 3.90. The molecule has 0 amide bonds. The molecular weight excluding hydrogens is 387 g/mol. The molecule has 1 aliphatic rings. The van der Waals surface area contributed by atoms with Crippen molar-refractivity contribution in [1.82, 2.24) is 14.9 Å². The smallest absolute Gasteiger partial charge is 0.278 e. The number of halogens is 1. The Morgan fingerprint density at radius 2 is 2.33 bits per heavy atom. The highest BCUT2D eigenvalue weighted by atomic mass is 127. The second-order valence-electron chi connectivity index (χ2n) is 4.97. The van der Waals surface area contributed by atoms with Crippen LogP contribution in [0.25, 0.3) is 0 Å². The van der Waals surface area contributed by atoms with Crippen molar-refractivity contribution in [3.05, 3.63) is 10.4 Å². The van der Waals surface area contributed by atoms with Crippen molar-refractivity contribution in [3.8, 4) is 0 Å². The van der Waals surface area contributed by atoms with Crippen molar-refractivity contribution in [2.75, 3.05) is 54.1 Å². The third kappa shape index (κ3) is 3.58. The number of ether oxygens (including phenoxy) is 1. The predicted octanol–water partition coefficient (Wildman–Crippen LogP) is 0.253. The summed E-state index contributed by atoms with van der Waals surface area (Å²) in [5, 5.41) is 0. The molecule has 2 heterocycles. The molecule has 1 atom stereocenters. The predicted molar refractivity (Wildman–Crippen MR) is 92.0 cm³/mol. The number of anilines is 3. The first-order chi connectivity index (χ1) is 9.93. The topological polar surface area (TPSA) is 90.7 Å². The van der Waals surface area contributed by atoms with Gasteiger partial charge in [-0.15, -0.1) is 0 Å². The largest absolute Gasteiger partial charge is 0.369 e. The summed E-state index contributed by atoms with van der Waals surface area (Å²) in [7, 11) is 3.85. The Bertz CT molecular complexity index is 549. The average molecular weight is 408 g/mol. The number of likely N-dealkylation sites (N-methyl/N-ethyl adjacent to an activating group) is 2. The van der Waals surface area contributed by atoms with Crippen LogP contribution in [-0.2, 0) is 4.74 Å². The third-order valence-electron chi connectivity index (χ3n) is 3.41. The van der Waals surface area contributed by atoms with E-state index < -0.39 is 0 Å². The lowest BCUT2D eigenvalue weighted by Crippen LogP contribution is -2.50. The summed E-state index contributed by atoms with van der Waals surface area (Å²) in [5.74, 6) is 0.663. The van der Waals surface area contributed by atoms with Gasteiger partial charge in [0.1, 0.15) is 6.23 Å². The molecule has 2 rings (SSSR count). The van der Waals surface area contributed by atoms with Crippen LogP contribution in [0.1, 0.15) is 6.92 Å². The van der Waals surface area contributed by atoms with E-state index in [1.54, 1.807) is 10.2 Å². The number of nitrogens with zero attached hydrogens (tertiary/aromatic N) is 4. The van der Waals surface area contributed by atoms with Gasteiger partial charge in [-0.3, -0.25) is 14.7 Å². The van der Waals surface area contributed by atoms with Crippen LogP contribution in [0, 0.1) is 0 Å². The molecule has 0 radical (unpaired) electrons. The molecule has 0 aliphatic carbocycles. The molecular formula is C12H21IN6O2. The molecule has 3 N–H and O–H groups in total. The van der Waals surface area contributed by atoms with Crippen molar-refractivity contribution in [2.45, 2.75) is 13.2 Å². The first-order valence-corrected chi connectivity index (χ1v) is 7.76. The van der Waals surface area contributed by atoms with Gasteiger partial charge in [0, 0.05) is 26.7 Å². The van der Waals surface area contributed by atoms with E-state index in [4.69, 9.17) is 10.5 Å². The first-order valence-electron chi connectivity index (χ1n) is 6.80. The fourth-order valence-corrected chi connectivity index (χ4v) is 2.82. The van der Waals surface area contributed by atoms with E-state index in [1.165, 1.54) is 0 Å². The van der Waals surface area contributed by atoms with Crippen molar-refractivity contribution in [1.29, 1.82) is 0 Å². The number of aromatic nitrogens is 2. The number of aromatic amines is 1. The van der Waals surface area contributed by atoms with Crippen LogP contribution in [0.4, 0.5) is 17.5 Å². The minimum absolute atomic E-state index is 0.111. The van der Waals surface area contributed by atoms with E-state index >= 15 is 0 Å². The van der Waals surface area contributed by atoms with Gasteiger partial charge >= 0.3 is 0 Å². The Balaban J connectivity index is 2.44. The molecule has 0 bridgehead atoms. The Labute approximate surface area is 137 Å². The lowest BCUT2D eigenvalue weighted by atomic mass is 10.3. The number of morpholine rings is 1. The van der Waals surface area contributed by atoms with Gasteiger partial charge in [-0.05, 0) is 14.0 Å². The number of hydrogen-bond acceptors (Lipinski definition) is 7. The van der Waals surface area contributed by atoms with E-state index in [-0.39, 0.29) is 17.7 Å². The van der Waals surface area contributed by atoms with E-state index in [2.05, 4.69) is 37.7 Å². The van der Waals surface area contributed by atoms with Gasteiger partial charge in [0.2, 0.25) is 5.95 Å². The molecule has 1 unspecified atom stereocenters. The number of rotatable bonds is 4. The van der Waals surface area contributed by atoms with Gasteiger partial charge < -0.3 is 18.5 Å². The highest BCUT2D eigenvalue weighted by Gasteiger charge is 2.28. The van der Waals surface area contributed by atoms with Crippen molar-refractivity contribution in [3.63, 3.8) is 0 Å².